The molecule has 7 nitrogen and oxygen atoms in total. The molecule has 0 saturated carbocycles. The van der Waals surface area contributed by atoms with E-state index in [9.17, 15) is 9.59 Å². The average molecular weight is 395 g/mol. The highest BCUT2D eigenvalue weighted by Gasteiger charge is 2.12. The molecule has 1 fully saturated rings. The second kappa shape index (κ2) is 8.35. The molecule has 1 aliphatic heterocycles. The van der Waals surface area contributed by atoms with Crippen LogP contribution in [0.25, 0.3) is 11.3 Å². The summed E-state index contributed by atoms with van der Waals surface area (Å²) >= 11 is 1.32. The molecule has 3 heterocycles. The number of piperidine rings is 1. The minimum Gasteiger partial charge on any atom is -0.372 e. The zero-order valence-electron chi connectivity index (χ0n) is 15.4. The number of nitrogens with zero attached hydrogens (tertiary/aromatic N) is 4. The number of carbonyl (C=O) groups is 1. The van der Waals surface area contributed by atoms with Gasteiger partial charge in [-0.15, -0.1) is 11.3 Å². The molecule has 0 unspecified atom stereocenters. The number of nitrogens with one attached hydrogen (secondary N) is 1. The number of rotatable bonds is 5. The summed E-state index contributed by atoms with van der Waals surface area (Å²) in [7, 11) is 0. The molecule has 0 aliphatic carbocycles. The van der Waals surface area contributed by atoms with Crippen molar-refractivity contribution in [2.75, 3.05) is 23.3 Å². The molecule has 0 spiro atoms. The highest BCUT2D eigenvalue weighted by Crippen LogP contribution is 2.23. The zero-order valence-corrected chi connectivity index (χ0v) is 16.2. The molecule has 8 heteroatoms. The van der Waals surface area contributed by atoms with Crippen molar-refractivity contribution in [3.05, 3.63) is 58.3 Å². The van der Waals surface area contributed by atoms with Crippen molar-refractivity contribution in [3.63, 3.8) is 0 Å². The molecule has 1 saturated heterocycles. The maximum Gasteiger partial charge on any atom is 0.267 e. The van der Waals surface area contributed by atoms with E-state index in [1.54, 1.807) is 17.6 Å². The lowest BCUT2D eigenvalue weighted by Gasteiger charge is -2.28. The minimum atomic E-state index is -0.331. The smallest absolute Gasteiger partial charge is 0.267 e. The van der Waals surface area contributed by atoms with Crippen LogP contribution in [0.4, 0.5) is 10.8 Å². The Labute approximate surface area is 166 Å². The molecule has 0 radical (unpaired) electrons. The fourth-order valence-electron chi connectivity index (χ4n) is 3.29. The number of amides is 1. The Morgan fingerprint density at radius 3 is 2.57 bits per heavy atom. The average Bonchev–Trinajstić information content (AvgIpc) is 3.23. The molecule has 1 amide bonds. The van der Waals surface area contributed by atoms with E-state index in [1.165, 1.54) is 47.0 Å². The van der Waals surface area contributed by atoms with Crippen LogP contribution in [-0.4, -0.2) is 33.8 Å². The quantitative estimate of drug-likeness (QED) is 0.718. The van der Waals surface area contributed by atoms with Gasteiger partial charge >= 0.3 is 0 Å². The molecule has 0 atom stereocenters. The van der Waals surface area contributed by atoms with Gasteiger partial charge in [-0.05, 0) is 37.5 Å². The first kappa shape index (κ1) is 18.4. The van der Waals surface area contributed by atoms with Crippen molar-refractivity contribution in [1.82, 2.24) is 14.8 Å². The summed E-state index contributed by atoms with van der Waals surface area (Å²) in [5.41, 5.74) is 2.46. The fraction of sp³-hybridized carbons (Fsp3) is 0.300. The molecule has 0 bridgehead atoms. The predicted molar refractivity (Wildman–Crippen MR) is 111 cm³/mol. The first-order valence-electron chi connectivity index (χ1n) is 9.32. The molecule has 144 valence electrons. The van der Waals surface area contributed by atoms with Crippen LogP contribution >= 0.6 is 11.3 Å². The highest BCUT2D eigenvalue weighted by molar-refractivity contribution is 7.13. The lowest BCUT2D eigenvalue weighted by molar-refractivity contribution is -0.117. The van der Waals surface area contributed by atoms with E-state index in [4.69, 9.17) is 0 Å². The topological polar surface area (TPSA) is 80.1 Å². The number of hydrogen-bond donors (Lipinski definition) is 1. The summed E-state index contributed by atoms with van der Waals surface area (Å²) in [6, 6.07) is 11.3. The molecule has 3 aromatic rings. The van der Waals surface area contributed by atoms with Crippen LogP contribution in [0.5, 0.6) is 0 Å². The molecule has 28 heavy (non-hydrogen) atoms. The van der Waals surface area contributed by atoms with Gasteiger partial charge in [0, 0.05) is 42.0 Å². The largest absolute Gasteiger partial charge is 0.372 e. The maximum atomic E-state index is 12.1. The van der Waals surface area contributed by atoms with E-state index in [-0.39, 0.29) is 18.0 Å². The van der Waals surface area contributed by atoms with E-state index in [1.807, 2.05) is 12.1 Å². The second-order valence-corrected chi connectivity index (χ2v) is 7.59. The van der Waals surface area contributed by atoms with E-state index >= 15 is 0 Å². The van der Waals surface area contributed by atoms with Crippen LogP contribution < -0.4 is 15.8 Å². The molecular weight excluding hydrogens is 374 g/mol. The van der Waals surface area contributed by atoms with Gasteiger partial charge in [-0.25, -0.2) is 9.67 Å². The first-order chi connectivity index (χ1) is 13.7. The van der Waals surface area contributed by atoms with Gasteiger partial charge in [-0.1, -0.05) is 12.1 Å². The third kappa shape index (κ3) is 4.28. The van der Waals surface area contributed by atoms with E-state index < -0.39 is 0 Å². The summed E-state index contributed by atoms with van der Waals surface area (Å²) in [6.07, 6.45) is 5.38. The summed E-state index contributed by atoms with van der Waals surface area (Å²) < 4.78 is 1.18. The van der Waals surface area contributed by atoms with Crippen molar-refractivity contribution in [2.45, 2.75) is 25.8 Å². The van der Waals surface area contributed by atoms with Crippen LogP contribution in [0.1, 0.15) is 19.3 Å². The molecule has 2 aromatic heterocycles. The summed E-state index contributed by atoms with van der Waals surface area (Å²) in [4.78, 5) is 30.7. The number of hydrogen-bond acceptors (Lipinski definition) is 6. The van der Waals surface area contributed by atoms with Gasteiger partial charge in [0.1, 0.15) is 6.54 Å². The van der Waals surface area contributed by atoms with E-state index in [0.717, 1.165) is 18.7 Å². The van der Waals surface area contributed by atoms with Gasteiger partial charge < -0.3 is 10.2 Å². The Bertz CT molecular complexity index is 992. The van der Waals surface area contributed by atoms with Crippen molar-refractivity contribution in [1.29, 1.82) is 0 Å². The van der Waals surface area contributed by atoms with E-state index in [2.05, 4.69) is 32.4 Å². The lowest BCUT2D eigenvalue weighted by Crippen LogP contribution is -2.29. The number of anilines is 2. The Morgan fingerprint density at radius 2 is 1.86 bits per heavy atom. The Hall–Kier alpha value is -3.00. The molecule has 1 aromatic carbocycles. The third-order valence-electron chi connectivity index (χ3n) is 4.72. The van der Waals surface area contributed by atoms with Crippen molar-refractivity contribution in [3.8, 4) is 11.3 Å². The van der Waals surface area contributed by atoms with E-state index in [0.29, 0.717) is 10.8 Å². The number of carbonyl (C=O) groups excluding carboxylic acids is 1. The van der Waals surface area contributed by atoms with Crippen LogP contribution in [0.2, 0.25) is 0 Å². The van der Waals surface area contributed by atoms with Crippen molar-refractivity contribution in [2.24, 2.45) is 0 Å². The number of thiazole rings is 1. The van der Waals surface area contributed by atoms with Crippen LogP contribution in [-0.2, 0) is 11.3 Å². The second-order valence-electron chi connectivity index (χ2n) is 6.69. The Kier molecular flexibility index (Phi) is 5.48. The maximum absolute atomic E-state index is 12.1. The summed E-state index contributed by atoms with van der Waals surface area (Å²) in [5.74, 6) is -0.331. The van der Waals surface area contributed by atoms with Crippen LogP contribution in [0.15, 0.2) is 52.8 Å². The zero-order chi connectivity index (χ0) is 19.3. The van der Waals surface area contributed by atoms with Gasteiger partial charge in [0.05, 0.1) is 5.69 Å². The predicted octanol–water partition coefficient (Wildman–Crippen LogP) is 3.00. The van der Waals surface area contributed by atoms with Crippen molar-refractivity contribution < 1.29 is 4.79 Å². The number of aromatic nitrogens is 3. The van der Waals surface area contributed by atoms with Crippen LogP contribution in [0, 0.1) is 0 Å². The third-order valence-corrected chi connectivity index (χ3v) is 5.41. The Balaban J connectivity index is 1.49. The van der Waals surface area contributed by atoms with Gasteiger partial charge in [0.15, 0.2) is 5.13 Å². The minimum absolute atomic E-state index is 0.155. The van der Waals surface area contributed by atoms with Gasteiger partial charge in [-0.2, -0.15) is 5.10 Å². The first-order valence-corrected chi connectivity index (χ1v) is 10.2. The number of benzene rings is 1. The fourth-order valence-corrected chi connectivity index (χ4v) is 3.84. The molecule has 1 N–H and O–H groups in total. The standard InChI is InChI=1S/C20H21N5O2S/c26-18(22-20-21-10-13-28-20)14-25-19(27)9-8-17(23-25)15-4-6-16(7-5-15)24-11-2-1-3-12-24/h4-10,13H,1-3,11-12,14H2,(H,21,22,26). The van der Waals surface area contributed by atoms with Gasteiger partial charge in [0.2, 0.25) is 5.91 Å². The lowest BCUT2D eigenvalue weighted by atomic mass is 10.1. The normalized spacial score (nSPS) is 14.1. The molecule has 1 aliphatic rings. The van der Waals surface area contributed by atoms with Gasteiger partial charge in [-0.3, -0.25) is 9.59 Å². The summed E-state index contributed by atoms with van der Waals surface area (Å²) in [5, 5.41) is 9.30. The molecule has 4 rings (SSSR count). The summed E-state index contributed by atoms with van der Waals surface area (Å²) in [6.45, 7) is 2.03. The van der Waals surface area contributed by atoms with Gasteiger partial charge in [0.25, 0.3) is 5.56 Å². The Morgan fingerprint density at radius 1 is 1.07 bits per heavy atom. The molecular formula is C20H21N5O2S. The SMILES string of the molecule is O=C(Cn1nc(-c2ccc(N3CCCCC3)cc2)ccc1=O)Nc1nccs1. The monoisotopic (exact) mass is 395 g/mol. The van der Waals surface area contributed by atoms with Crippen LogP contribution in [0.3, 0.4) is 0 Å². The van der Waals surface area contributed by atoms with Crippen molar-refractivity contribution >= 4 is 28.1 Å². The highest BCUT2D eigenvalue weighted by atomic mass is 32.1.